The molecular weight excluding hydrogens is 574 g/mol. The first kappa shape index (κ1) is 31.8. The molecule has 0 atom stereocenters. The number of benzene rings is 1. The lowest BCUT2D eigenvalue weighted by atomic mass is 10.0. The van der Waals surface area contributed by atoms with E-state index in [9.17, 15) is 23.9 Å². The number of aryl methyl sites for hydroxylation is 2. The summed E-state index contributed by atoms with van der Waals surface area (Å²) in [6.45, 7) is 5.12. The van der Waals surface area contributed by atoms with Gasteiger partial charge in [-0.05, 0) is 31.9 Å². The van der Waals surface area contributed by atoms with E-state index >= 15 is 0 Å². The Labute approximate surface area is 238 Å². The number of hydrogen-bond donors (Lipinski definition) is 2. The van der Waals surface area contributed by atoms with Crippen LogP contribution >= 0.6 is 34.5 Å². The van der Waals surface area contributed by atoms with Gasteiger partial charge in [-0.2, -0.15) is 4.98 Å². The van der Waals surface area contributed by atoms with Crippen LogP contribution in [0, 0.1) is 18.7 Å². The van der Waals surface area contributed by atoms with Crippen LogP contribution in [-0.4, -0.2) is 29.1 Å². The van der Waals surface area contributed by atoms with Crippen molar-refractivity contribution in [2.24, 2.45) is 5.92 Å². The van der Waals surface area contributed by atoms with Gasteiger partial charge in [0.25, 0.3) is 5.19 Å². The van der Waals surface area contributed by atoms with Crippen molar-refractivity contribution in [3.8, 4) is 16.7 Å². The van der Waals surface area contributed by atoms with Crippen molar-refractivity contribution < 1.29 is 33.0 Å². The van der Waals surface area contributed by atoms with E-state index < -0.39 is 29.2 Å². The van der Waals surface area contributed by atoms with Crippen molar-refractivity contribution in [3.63, 3.8) is 0 Å². The molecule has 1 aromatic carbocycles. The summed E-state index contributed by atoms with van der Waals surface area (Å²) in [5, 5.41) is 13.1. The lowest BCUT2D eigenvalue weighted by Gasteiger charge is -2.06. The van der Waals surface area contributed by atoms with Crippen LogP contribution in [-0.2, 0) is 11.2 Å². The Balaban J connectivity index is 0.000000290. The third-order valence-corrected chi connectivity index (χ3v) is 6.49. The summed E-state index contributed by atoms with van der Waals surface area (Å²) in [5.74, 6) is -0.944. The molecule has 210 valence electrons. The molecule has 2 aromatic heterocycles. The number of halogens is 3. The third kappa shape index (κ3) is 10.0. The Morgan fingerprint density at radius 2 is 2.00 bits per heavy atom. The number of Topliss-reactive ketones (excluding diaryl/α,β-unsaturated/α-hetero) is 1. The zero-order chi connectivity index (χ0) is 29.1. The number of rotatable bonds is 9. The van der Waals surface area contributed by atoms with Gasteiger partial charge in [-0.3, -0.25) is 10.1 Å². The Kier molecular flexibility index (Phi) is 12.4. The van der Waals surface area contributed by atoms with E-state index in [1.54, 1.807) is 19.9 Å². The zero-order valence-electron chi connectivity index (χ0n) is 21.5. The smallest absolute Gasteiger partial charge is 0.410 e. The molecule has 2 heterocycles. The van der Waals surface area contributed by atoms with Crippen molar-refractivity contribution in [3.05, 3.63) is 79.2 Å². The first-order valence-corrected chi connectivity index (χ1v) is 13.2. The van der Waals surface area contributed by atoms with Crippen LogP contribution < -0.4 is 15.7 Å². The molecule has 0 saturated heterocycles. The summed E-state index contributed by atoms with van der Waals surface area (Å²) < 4.78 is 27.7. The van der Waals surface area contributed by atoms with Crippen LogP contribution in [0.4, 0.5) is 9.18 Å². The number of carbonyl (C=O) groups is 2. The molecule has 0 spiro atoms. The standard InChI is InChI=1S/C16H21NO6.C10H6Cl2FNOS/c1-10(2)14(19)13-12(18)9-11(23-15(13)20)7-5-4-6-8-17-16(21)22-3;1-5-9(12)14-10(16-5)15-6-2-3-8(13)7(11)4-6/h6,8-10,18H,4-5,7H2,1-3H3,(H,17,21);2-4H,1H3/b8-6+;. The molecule has 0 aliphatic carbocycles. The Bertz CT molecular complexity index is 1370. The van der Waals surface area contributed by atoms with Gasteiger partial charge in [0, 0.05) is 35.5 Å². The van der Waals surface area contributed by atoms with Crippen LogP contribution in [0.5, 0.6) is 16.7 Å². The lowest BCUT2D eigenvalue weighted by Crippen LogP contribution is -2.19. The highest BCUT2D eigenvalue weighted by molar-refractivity contribution is 7.13. The highest BCUT2D eigenvalue weighted by Gasteiger charge is 2.21. The Hall–Kier alpha value is -3.41. The van der Waals surface area contributed by atoms with E-state index in [0.717, 1.165) is 4.88 Å². The number of methoxy groups -OCH3 is 1. The van der Waals surface area contributed by atoms with Gasteiger partial charge in [-0.1, -0.05) is 54.5 Å². The number of amides is 1. The Morgan fingerprint density at radius 3 is 2.56 bits per heavy atom. The van der Waals surface area contributed by atoms with Crippen LogP contribution in [0.15, 0.2) is 45.8 Å². The normalized spacial score (nSPS) is 10.8. The summed E-state index contributed by atoms with van der Waals surface area (Å²) in [4.78, 5) is 39.3. The largest absolute Gasteiger partial charge is 0.507 e. The van der Waals surface area contributed by atoms with Crippen molar-refractivity contribution in [1.82, 2.24) is 10.3 Å². The molecule has 0 unspecified atom stereocenters. The molecular formula is C26H27Cl2FN2O7S. The average Bonchev–Trinajstić information content (AvgIpc) is 3.19. The van der Waals surface area contributed by atoms with Gasteiger partial charge in [0.2, 0.25) is 0 Å². The summed E-state index contributed by atoms with van der Waals surface area (Å²) in [6.07, 6.45) is 4.32. The number of ketones is 1. The number of unbranched alkanes of at least 4 members (excludes halogenated alkanes) is 1. The van der Waals surface area contributed by atoms with Crippen molar-refractivity contribution >= 4 is 46.4 Å². The third-order valence-electron chi connectivity index (χ3n) is 4.87. The van der Waals surface area contributed by atoms with Crippen LogP contribution in [0.3, 0.4) is 0 Å². The highest BCUT2D eigenvalue weighted by Crippen LogP contribution is 2.32. The van der Waals surface area contributed by atoms with Crippen molar-refractivity contribution in [2.45, 2.75) is 40.0 Å². The lowest BCUT2D eigenvalue weighted by molar-refractivity contribution is 0.0931. The van der Waals surface area contributed by atoms with E-state index in [2.05, 4.69) is 15.0 Å². The molecule has 0 saturated carbocycles. The van der Waals surface area contributed by atoms with Crippen molar-refractivity contribution in [2.75, 3.05) is 7.11 Å². The number of ether oxygens (including phenoxy) is 2. The monoisotopic (exact) mass is 600 g/mol. The topological polar surface area (TPSA) is 128 Å². The van der Waals surface area contributed by atoms with E-state index in [4.69, 9.17) is 32.4 Å². The summed E-state index contributed by atoms with van der Waals surface area (Å²) >= 11 is 12.7. The van der Waals surface area contributed by atoms with Gasteiger partial charge in [0.1, 0.15) is 33.8 Å². The second-order valence-electron chi connectivity index (χ2n) is 8.21. The predicted molar refractivity (Wildman–Crippen MR) is 147 cm³/mol. The minimum atomic E-state index is -0.818. The summed E-state index contributed by atoms with van der Waals surface area (Å²) in [7, 11) is 1.27. The van der Waals surface area contributed by atoms with Crippen LogP contribution in [0.1, 0.15) is 47.7 Å². The number of carbonyl (C=O) groups excluding carboxylic acids is 2. The fourth-order valence-electron chi connectivity index (χ4n) is 2.87. The molecule has 0 fully saturated rings. The average molecular weight is 601 g/mol. The summed E-state index contributed by atoms with van der Waals surface area (Å²) in [5.41, 5.74) is -1.12. The minimum absolute atomic E-state index is 0.0110. The van der Waals surface area contributed by atoms with E-state index in [1.165, 1.54) is 48.9 Å². The quantitative estimate of drug-likeness (QED) is 0.197. The number of nitrogens with zero attached hydrogens (tertiary/aromatic N) is 1. The fourth-order valence-corrected chi connectivity index (χ4v) is 3.95. The SMILES string of the molecule is COC(=O)N/C=C/CCCc1cc(O)c(C(=O)C(C)C)c(=O)o1.Cc1sc(Oc2ccc(F)c(Cl)c2)nc1Cl. The molecule has 1 amide bonds. The molecule has 3 rings (SSSR count). The molecule has 0 aliphatic rings. The van der Waals surface area contributed by atoms with Gasteiger partial charge in [-0.15, -0.1) is 0 Å². The fraction of sp³-hybridized carbons (Fsp3) is 0.308. The molecule has 0 aliphatic heterocycles. The van der Waals surface area contributed by atoms with Gasteiger partial charge in [-0.25, -0.2) is 14.0 Å². The first-order chi connectivity index (χ1) is 18.4. The minimum Gasteiger partial charge on any atom is -0.507 e. The summed E-state index contributed by atoms with van der Waals surface area (Å²) in [6, 6.07) is 5.40. The van der Waals surface area contributed by atoms with Crippen LogP contribution in [0.2, 0.25) is 10.2 Å². The van der Waals surface area contributed by atoms with Gasteiger partial charge in [0.15, 0.2) is 5.78 Å². The van der Waals surface area contributed by atoms with Gasteiger partial charge < -0.3 is 19.0 Å². The maximum atomic E-state index is 12.9. The number of nitrogens with one attached hydrogen (secondary N) is 1. The molecule has 3 aromatic rings. The number of hydrogen-bond acceptors (Lipinski definition) is 9. The van der Waals surface area contributed by atoms with Crippen LogP contribution in [0.25, 0.3) is 0 Å². The number of aromatic nitrogens is 1. The number of thiazole rings is 1. The molecule has 13 heteroatoms. The highest BCUT2D eigenvalue weighted by atomic mass is 35.5. The molecule has 0 radical (unpaired) electrons. The maximum absolute atomic E-state index is 12.9. The number of allylic oxidation sites excluding steroid dienone is 1. The second kappa shape index (κ2) is 15.2. The number of aromatic hydroxyl groups is 1. The first-order valence-electron chi connectivity index (χ1n) is 11.6. The van der Waals surface area contributed by atoms with Gasteiger partial charge in [0.05, 0.1) is 12.1 Å². The van der Waals surface area contributed by atoms with E-state index in [1.807, 2.05) is 6.92 Å². The zero-order valence-corrected chi connectivity index (χ0v) is 23.9. The molecule has 2 N–H and O–H groups in total. The molecule has 9 nitrogen and oxygen atoms in total. The van der Waals surface area contributed by atoms with Crippen molar-refractivity contribution in [1.29, 1.82) is 0 Å². The van der Waals surface area contributed by atoms with Gasteiger partial charge >= 0.3 is 11.7 Å². The maximum Gasteiger partial charge on any atom is 0.410 e. The molecule has 0 bridgehead atoms. The Morgan fingerprint density at radius 1 is 1.28 bits per heavy atom. The second-order valence-corrected chi connectivity index (χ2v) is 10.1. The molecule has 39 heavy (non-hydrogen) atoms. The number of alkyl carbamates (subject to hydrolysis) is 1. The van der Waals surface area contributed by atoms with E-state index in [0.29, 0.717) is 41.1 Å². The predicted octanol–water partition coefficient (Wildman–Crippen LogP) is 7.07. The van der Waals surface area contributed by atoms with E-state index in [-0.39, 0.29) is 16.3 Å².